The molecule has 3 rings (SSSR count). The summed E-state index contributed by atoms with van der Waals surface area (Å²) in [5.74, 6) is -2.01. The molecule has 1 atom stereocenters. The molecule has 0 amide bonds. The van der Waals surface area contributed by atoms with Crippen LogP contribution in [0.4, 0.5) is 4.39 Å². The van der Waals surface area contributed by atoms with Gasteiger partial charge in [-0.05, 0) is 29.7 Å². The molecule has 0 aliphatic carbocycles. The van der Waals surface area contributed by atoms with Gasteiger partial charge in [0, 0.05) is 10.8 Å². The zero-order valence-electron chi connectivity index (χ0n) is 13.0. The van der Waals surface area contributed by atoms with Crippen molar-refractivity contribution < 1.29 is 31.9 Å². The fourth-order valence-electron chi connectivity index (χ4n) is 2.08. The summed E-state index contributed by atoms with van der Waals surface area (Å²) in [7, 11) is -8.56. The molecule has 138 valence electrons. The molecule has 0 aliphatic rings. The first-order chi connectivity index (χ1) is 12.2. The van der Waals surface area contributed by atoms with E-state index in [0.717, 1.165) is 33.6 Å². The molecule has 1 unspecified atom stereocenters. The van der Waals surface area contributed by atoms with Gasteiger partial charge in [-0.1, -0.05) is 18.2 Å². The van der Waals surface area contributed by atoms with Crippen molar-refractivity contribution in [2.75, 3.05) is 6.29 Å². The third-order valence-corrected chi connectivity index (χ3v) is 7.52. The van der Waals surface area contributed by atoms with Crippen LogP contribution in [0, 0.1) is 5.82 Å². The van der Waals surface area contributed by atoms with E-state index in [-0.39, 0.29) is 9.96 Å². The van der Waals surface area contributed by atoms with Crippen LogP contribution in [-0.2, 0) is 14.6 Å². The number of hydrogen-bond donors (Lipinski definition) is 3. The Kier molecular flexibility index (Phi) is 5.05. The van der Waals surface area contributed by atoms with Crippen LogP contribution in [0.1, 0.15) is 0 Å². The van der Waals surface area contributed by atoms with Gasteiger partial charge in [0.1, 0.15) is 16.2 Å². The molecule has 3 N–H and O–H groups in total. The van der Waals surface area contributed by atoms with Crippen LogP contribution in [-0.4, -0.2) is 24.7 Å². The van der Waals surface area contributed by atoms with E-state index < -0.39 is 35.5 Å². The number of sulfonamides is 1. The van der Waals surface area contributed by atoms with Crippen LogP contribution in [0.2, 0.25) is 0 Å². The van der Waals surface area contributed by atoms with Crippen molar-refractivity contribution >= 4 is 39.0 Å². The van der Waals surface area contributed by atoms with E-state index in [1.165, 1.54) is 6.07 Å². The van der Waals surface area contributed by atoms with Gasteiger partial charge in [-0.2, -0.15) is 4.72 Å². The lowest BCUT2D eigenvalue weighted by Gasteiger charge is -2.14. The molecule has 26 heavy (non-hydrogen) atoms. The van der Waals surface area contributed by atoms with Crippen LogP contribution < -0.4 is 9.25 Å². The minimum atomic E-state index is -4.52. The number of phenolic OH excluding ortho intramolecular Hbond substituents is 1. The molecule has 11 heteroatoms. The van der Waals surface area contributed by atoms with Crippen LogP contribution in [0.25, 0.3) is 10.1 Å². The van der Waals surface area contributed by atoms with Gasteiger partial charge in [0.2, 0.25) is 0 Å². The molecule has 0 bridgehead atoms. The summed E-state index contributed by atoms with van der Waals surface area (Å²) in [6.45, 7) is 0. The van der Waals surface area contributed by atoms with Crippen molar-refractivity contribution in [3.63, 3.8) is 0 Å². The third kappa shape index (κ3) is 4.22. The van der Waals surface area contributed by atoms with Gasteiger partial charge in [0.15, 0.2) is 11.6 Å². The average molecular weight is 417 g/mol. The number of phenols is 1. The van der Waals surface area contributed by atoms with Gasteiger partial charge in [0.05, 0.1) is 0 Å². The molecular weight excluding hydrogens is 404 g/mol. The number of halogens is 1. The van der Waals surface area contributed by atoms with Crippen molar-refractivity contribution in [3.05, 3.63) is 54.3 Å². The monoisotopic (exact) mass is 417 g/mol. The van der Waals surface area contributed by atoms with E-state index in [1.807, 2.05) is 4.72 Å². The predicted molar refractivity (Wildman–Crippen MR) is 95.5 cm³/mol. The summed E-state index contributed by atoms with van der Waals surface area (Å²) < 4.78 is 57.7. The summed E-state index contributed by atoms with van der Waals surface area (Å²) in [6.07, 6.45) is -0.941. The summed E-state index contributed by atoms with van der Waals surface area (Å²) in [5.41, 5.74) is 0. The summed E-state index contributed by atoms with van der Waals surface area (Å²) >= 11 is 1.01. The molecule has 0 spiro atoms. The van der Waals surface area contributed by atoms with Crippen LogP contribution >= 0.6 is 18.9 Å². The van der Waals surface area contributed by atoms with Crippen molar-refractivity contribution in [2.45, 2.75) is 4.21 Å². The lowest BCUT2D eigenvalue weighted by molar-refractivity contribution is 0.366. The second-order valence-electron chi connectivity index (χ2n) is 5.25. The largest absolute Gasteiger partial charge is 0.508 e. The Hall–Kier alpha value is -1.97. The number of fused-ring (bicyclic) bond motifs is 1. The van der Waals surface area contributed by atoms with Gasteiger partial charge < -0.3 is 14.5 Å². The summed E-state index contributed by atoms with van der Waals surface area (Å²) in [4.78, 5) is 9.79. The highest BCUT2D eigenvalue weighted by atomic mass is 32.2. The highest BCUT2D eigenvalue weighted by Crippen LogP contribution is 2.43. The lowest BCUT2D eigenvalue weighted by Crippen LogP contribution is -2.25. The van der Waals surface area contributed by atoms with Crippen molar-refractivity contribution in [1.82, 2.24) is 4.72 Å². The maximum Gasteiger partial charge on any atom is 0.391 e. The molecule has 1 heterocycles. The maximum absolute atomic E-state index is 13.6. The molecule has 2 aromatic carbocycles. The quantitative estimate of drug-likeness (QED) is 0.531. The molecule has 0 saturated heterocycles. The minimum absolute atomic E-state index is 0.0190. The SMILES string of the molecule is O=P(O)(CNS(=O)(=O)c1cc2ccccc2s1)Oc1ccc(O)cc1F. The molecule has 3 aromatic rings. The van der Waals surface area contributed by atoms with E-state index >= 15 is 0 Å². The number of hydrogen-bond acceptors (Lipinski definition) is 6. The highest BCUT2D eigenvalue weighted by Gasteiger charge is 2.27. The second-order valence-corrected chi connectivity index (χ2v) is 10.1. The fourth-order valence-corrected chi connectivity index (χ4v) is 6.03. The standard InChI is InChI=1S/C15H13FNO6PS2/c16-12-8-11(18)5-6-13(12)23-24(19,20)9-17-26(21,22)15-7-10-3-1-2-4-14(10)25-15/h1-8,17-18H,9H2,(H,19,20). The fraction of sp³-hybridized carbons (Fsp3) is 0.0667. The van der Waals surface area contributed by atoms with Crippen LogP contribution in [0.15, 0.2) is 52.7 Å². The maximum atomic E-state index is 13.6. The first-order valence-corrected chi connectivity index (χ1v) is 11.2. The van der Waals surface area contributed by atoms with Gasteiger partial charge in [-0.25, -0.2) is 17.4 Å². The Labute approximate surface area is 152 Å². The summed E-state index contributed by atoms with van der Waals surface area (Å²) in [6, 6.07) is 11.2. The van der Waals surface area contributed by atoms with E-state index in [2.05, 4.69) is 4.52 Å². The zero-order chi connectivity index (χ0) is 18.9. The molecule has 0 fully saturated rings. The third-order valence-electron chi connectivity index (χ3n) is 3.28. The number of benzene rings is 2. The number of nitrogens with one attached hydrogen (secondary N) is 1. The topological polar surface area (TPSA) is 113 Å². The van der Waals surface area contributed by atoms with Crippen LogP contribution in [0.3, 0.4) is 0 Å². The minimum Gasteiger partial charge on any atom is -0.508 e. The number of thiophene rings is 1. The van der Waals surface area contributed by atoms with E-state index in [0.29, 0.717) is 6.07 Å². The van der Waals surface area contributed by atoms with Gasteiger partial charge in [-0.15, -0.1) is 11.3 Å². The second kappa shape index (κ2) is 6.98. The summed E-state index contributed by atoms with van der Waals surface area (Å²) in [5, 5.41) is 9.84. The first-order valence-electron chi connectivity index (χ1n) is 7.14. The van der Waals surface area contributed by atoms with E-state index in [4.69, 9.17) is 5.11 Å². The van der Waals surface area contributed by atoms with Crippen molar-refractivity contribution in [2.24, 2.45) is 0 Å². The lowest BCUT2D eigenvalue weighted by atomic mass is 10.3. The Morgan fingerprint density at radius 3 is 2.62 bits per heavy atom. The predicted octanol–water partition coefficient (Wildman–Crippen LogP) is 3.25. The van der Waals surface area contributed by atoms with E-state index in [9.17, 15) is 22.3 Å². The Balaban J connectivity index is 1.74. The van der Waals surface area contributed by atoms with Crippen LogP contribution in [0.5, 0.6) is 11.5 Å². The molecule has 0 aliphatic heterocycles. The normalized spacial score (nSPS) is 14.2. The first kappa shape index (κ1) is 18.8. The van der Waals surface area contributed by atoms with Crippen molar-refractivity contribution in [1.29, 1.82) is 0 Å². The van der Waals surface area contributed by atoms with E-state index in [1.54, 1.807) is 24.3 Å². The highest BCUT2D eigenvalue weighted by molar-refractivity contribution is 7.92. The Bertz CT molecular complexity index is 1080. The molecule has 1 aromatic heterocycles. The van der Waals surface area contributed by atoms with Gasteiger partial charge in [-0.3, -0.25) is 0 Å². The van der Waals surface area contributed by atoms with Gasteiger partial charge >= 0.3 is 7.60 Å². The van der Waals surface area contributed by atoms with Crippen molar-refractivity contribution in [3.8, 4) is 11.5 Å². The molecule has 0 radical (unpaired) electrons. The Morgan fingerprint density at radius 1 is 1.19 bits per heavy atom. The average Bonchev–Trinajstić information content (AvgIpc) is 3.01. The zero-order valence-corrected chi connectivity index (χ0v) is 15.5. The number of rotatable bonds is 6. The molecule has 7 nitrogen and oxygen atoms in total. The number of aromatic hydroxyl groups is 1. The van der Waals surface area contributed by atoms with Gasteiger partial charge in [0.25, 0.3) is 10.0 Å². The molecule has 0 saturated carbocycles. The Morgan fingerprint density at radius 2 is 1.92 bits per heavy atom. The smallest absolute Gasteiger partial charge is 0.391 e. The molecular formula is C15H13FNO6PS2.